The van der Waals surface area contributed by atoms with E-state index in [1.165, 1.54) is 38.5 Å². The Labute approximate surface area is 171 Å². The summed E-state index contributed by atoms with van der Waals surface area (Å²) in [7, 11) is 0. The Balaban J connectivity index is 1.24. The predicted octanol–water partition coefficient (Wildman–Crippen LogP) is 3.69. The Morgan fingerprint density at radius 2 is 1.72 bits per heavy atom. The van der Waals surface area contributed by atoms with Crippen LogP contribution < -0.4 is 16.0 Å². The summed E-state index contributed by atoms with van der Waals surface area (Å²) in [5.74, 6) is 2.53. The van der Waals surface area contributed by atoms with E-state index in [4.69, 9.17) is 0 Å². The number of nitrogens with one attached hydrogen (secondary N) is 4. The average molecular weight is 392 g/mol. The third-order valence-corrected chi connectivity index (χ3v) is 7.63. The predicted molar refractivity (Wildman–Crippen MR) is 113 cm³/mol. The van der Waals surface area contributed by atoms with Gasteiger partial charge in [0.25, 0.3) is 5.91 Å². The summed E-state index contributed by atoms with van der Waals surface area (Å²) in [5.41, 5.74) is 4.70. The van der Waals surface area contributed by atoms with Crippen molar-refractivity contribution in [3.05, 3.63) is 41.2 Å². The molecular formula is C23H29N5O. The minimum atomic E-state index is -0.133. The van der Waals surface area contributed by atoms with Gasteiger partial charge in [-0.05, 0) is 68.4 Å². The Morgan fingerprint density at radius 1 is 1.03 bits per heavy atom. The second kappa shape index (κ2) is 6.59. The van der Waals surface area contributed by atoms with Crippen LogP contribution in [0.2, 0.25) is 0 Å². The van der Waals surface area contributed by atoms with Crippen LogP contribution in [0.5, 0.6) is 0 Å². The Hall–Kier alpha value is -2.34. The molecule has 6 nitrogen and oxygen atoms in total. The smallest absolute Gasteiger partial charge is 0.276 e. The van der Waals surface area contributed by atoms with Crippen LogP contribution >= 0.6 is 0 Å². The molecule has 0 spiro atoms. The minimum absolute atomic E-state index is 0.133. The van der Waals surface area contributed by atoms with Gasteiger partial charge in [0.05, 0.1) is 11.4 Å². The van der Waals surface area contributed by atoms with Crippen molar-refractivity contribution in [1.29, 1.82) is 0 Å². The molecular weight excluding hydrogens is 362 g/mol. The molecule has 29 heavy (non-hydrogen) atoms. The zero-order valence-corrected chi connectivity index (χ0v) is 16.8. The normalized spacial score (nSPS) is 32.1. The van der Waals surface area contributed by atoms with Crippen molar-refractivity contribution in [2.75, 3.05) is 17.2 Å². The molecule has 1 amide bonds. The van der Waals surface area contributed by atoms with E-state index >= 15 is 0 Å². The van der Waals surface area contributed by atoms with Crippen LogP contribution in [0, 0.1) is 17.8 Å². The summed E-state index contributed by atoms with van der Waals surface area (Å²) >= 11 is 0. The number of carbonyl (C=O) groups is 1. The number of fused-ring (bicyclic) bond motifs is 1. The molecule has 4 saturated carbocycles. The summed E-state index contributed by atoms with van der Waals surface area (Å²) in [4.78, 5) is 13.0. The van der Waals surface area contributed by atoms with Gasteiger partial charge in [-0.2, -0.15) is 5.10 Å². The first kappa shape index (κ1) is 17.5. The molecule has 1 aliphatic heterocycles. The summed E-state index contributed by atoms with van der Waals surface area (Å²) in [6.07, 6.45) is 9.01. The van der Waals surface area contributed by atoms with Gasteiger partial charge in [0.15, 0.2) is 5.69 Å². The highest BCUT2D eigenvalue weighted by Gasteiger charge is 2.51. The second-order valence-electron chi connectivity index (χ2n) is 9.78. The Kier molecular flexibility index (Phi) is 3.98. The molecule has 0 radical (unpaired) electrons. The largest absolute Gasteiger partial charge is 0.378 e. The third-order valence-electron chi connectivity index (χ3n) is 7.63. The van der Waals surface area contributed by atoms with Gasteiger partial charge in [0.1, 0.15) is 0 Å². The maximum atomic E-state index is 13.0. The van der Waals surface area contributed by atoms with E-state index in [0.717, 1.165) is 53.4 Å². The highest BCUT2D eigenvalue weighted by molar-refractivity contribution is 6.05. The van der Waals surface area contributed by atoms with Crippen molar-refractivity contribution in [3.63, 3.8) is 0 Å². The molecule has 2 aromatic rings. The van der Waals surface area contributed by atoms with Crippen LogP contribution in [0.3, 0.4) is 0 Å². The molecule has 0 saturated heterocycles. The number of hydrogen-bond acceptors (Lipinski definition) is 4. The summed E-state index contributed by atoms with van der Waals surface area (Å²) < 4.78 is 0. The van der Waals surface area contributed by atoms with E-state index in [-0.39, 0.29) is 11.4 Å². The number of rotatable bonds is 4. The maximum absolute atomic E-state index is 13.0. The molecule has 7 rings (SSSR count). The summed E-state index contributed by atoms with van der Waals surface area (Å²) in [6, 6.07) is 8.15. The monoisotopic (exact) mass is 391 g/mol. The van der Waals surface area contributed by atoms with Crippen molar-refractivity contribution >= 4 is 17.3 Å². The van der Waals surface area contributed by atoms with Crippen LogP contribution in [0.25, 0.3) is 0 Å². The van der Waals surface area contributed by atoms with Gasteiger partial charge in [0.2, 0.25) is 0 Å². The van der Waals surface area contributed by atoms with Crippen molar-refractivity contribution < 1.29 is 4.79 Å². The number of amides is 1. The lowest BCUT2D eigenvalue weighted by atomic mass is 9.53. The fraction of sp³-hybridized carbons (Fsp3) is 0.565. The van der Waals surface area contributed by atoms with Gasteiger partial charge in [-0.1, -0.05) is 12.1 Å². The molecule has 0 unspecified atom stereocenters. The third kappa shape index (κ3) is 3.05. The molecule has 1 aromatic heterocycles. The number of H-pyrrole nitrogens is 1. The van der Waals surface area contributed by atoms with Crippen molar-refractivity contribution in [1.82, 2.24) is 15.5 Å². The number of aromatic amines is 1. The SMILES string of the molecule is O=C(Nc1ccccc1NC12CC3CC(CC(C3)C1)C2)c1n[nH]c2c1CNCC2. The van der Waals surface area contributed by atoms with Crippen molar-refractivity contribution in [2.24, 2.45) is 17.8 Å². The van der Waals surface area contributed by atoms with Gasteiger partial charge in [0, 0.05) is 36.3 Å². The molecule has 4 bridgehead atoms. The van der Waals surface area contributed by atoms with Crippen molar-refractivity contribution in [2.45, 2.75) is 57.0 Å². The van der Waals surface area contributed by atoms with E-state index in [0.29, 0.717) is 12.2 Å². The highest BCUT2D eigenvalue weighted by atomic mass is 16.2. The molecule has 6 heteroatoms. The first-order valence-corrected chi connectivity index (χ1v) is 11.1. The van der Waals surface area contributed by atoms with Crippen molar-refractivity contribution in [3.8, 4) is 0 Å². The molecule has 0 atom stereocenters. The minimum Gasteiger partial charge on any atom is -0.378 e. The highest BCUT2D eigenvalue weighted by Crippen LogP contribution is 2.56. The summed E-state index contributed by atoms with van der Waals surface area (Å²) in [6.45, 7) is 1.62. The molecule has 4 fully saturated rings. The number of nitrogens with zero attached hydrogens (tertiary/aromatic N) is 1. The Morgan fingerprint density at radius 3 is 2.45 bits per heavy atom. The lowest BCUT2D eigenvalue weighted by molar-refractivity contribution is 0.0107. The zero-order valence-electron chi connectivity index (χ0n) is 16.8. The topological polar surface area (TPSA) is 81.8 Å². The van der Waals surface area contributed by atoms with E-state index in [2.05, 4.69) is 38.3 Å². The van der Waals surface area contributed by atoms with Crippen LogP contribution in [-0.4, -0.2) is 28.2 Å². The fourth-order valence-corrected chi connectivity index (χ4v) is 6.85. The van der Waals surface area contributed by atoms with Gasteiger partial charge < -0.3 is 16.0 Å². The van der Waals surface area contributed by atoms with E-state index < -0.39 is 0 Å². The molecule has 4 aliphatic carbocycles. The number of carbonyl (C=O) groups excluding carboxylic acids is 1. The van der Waals surface area contributed by atoms with Gasteiger partial charge >= 0.3 is 0 Å². The second-order valence-corrected chi connectivity index (χ2v) is 9.78. The Bertz CT molecular complexity index is 913. The standard InChI is InChI=1S/C23H29N5O/c29-22(21-17-13-24-6-5-18(17)27-28-21)25-19-3-1-2-4-20(19)26-23-10-14-7-15(11-23)9-16(8-14)12-23/h1-4,14-16,24,26H,5-13H2,(H,25,29)(H,27,28). The zero-order chi connectivity index (χ0) is 19.4. The van der Waals surface area contributed by atoms with Crippen LogP contribution in [-0.2, 0) is 13.0 Å². The molecule has 2 heterocycles. The molecule has 1 aromatic carbocycles. The number of aromatic nitrogens is 2. The molecule has 152 valence electrons. The average Bonchev–Trinajstić information content (AvgIpc) is 3.12. The molecule has 4 N–H and O–H groups in total. The number of para-hydroxylation sites is 2. The quantitative estimate of drug-likeness (QED) is 0.641. The molecule has 5 aliphatic rings. The first-order chi connectivity index (χ1) is 14.2. The number of anilines is 2. The van der Waals surface area contributed by atoms with E-state index in [9.17, 15) is 4.79 Å². The maximum Gasteiger partial charge on any atom is 0.276 e. The van der Waals surface area contributed by atoms with Gasteiger partial charge in [-0.3, -0.25) is 9.89 Å². The lowest BCUT2D eigenvalue weighted by Gasteiger charge is -2.57. The van der Waals surface area contributed by atoms with Crippen LogP contribution in [0.15, 0.2) is 24.3 Å². The summed E-state index contributed by atoms with van der Waals surface area (Å²) in [5, 5.41) is 17.7. The lowest BCUT2D eigenvalue weighted by Crippen LogP contribution is -2.54. The van der Waals surface area contributed by atoms with E-state index in [1.807, 2.05) is 12.1 Å². The fourth-order valence-electron chi connectivity index (χ4n) is 6.85. The number of benzene rings is 1. The van der Waals surface area contributed by atoms with Gasteiger partial charge in [-0.15, -0.1) is 0 Å². The van der Waals surface area contributed by atoms with Crippen LogP contribution in [0.1, 0.15) is 60.3 Å². The van der Waals surface area contributed by atoms with Crippen LogP contribution in [0.4, 0.5) is 11.4 Å². The van der Waals surface area contributed by atoms with Gasteiger partial charge in [-0.25, -0.2) is 0 Å². The van der Waals surface area contributed by atoms with E-state index in [1.54, 1.807) is 0 Å². The number of hydrogen-bond donors (Lipinski definition) is 4. The first-order valence-electron chi connectivity index (χ1n) is 11.1.